The minimum absolute atomic E-state index is 0.209. The van der Waals surface area contributed by atoms with Gasteiger partial charge in [-0.1, -0.05) is 13.0 Å². The van der Waals surface area contributed by atoms with Gasteiger partial charge >= 0.3 is 0 Å². The topological polar surface area (TPSA) is 49.6 Å². The molecule has 1 saturated heterocycles. The van der Waals surface area contributed by atoms with Crippen molar-refractivity contribution in [2.75, 3.05) is 26.7 Å². The Morgan fingerprint density at radius 1 is 1.58 bits per heavy atom. The van der Waals surface area contributed by atoms with Gasteiger partial charge in [0.2, 0.25) is 5.91 Å². The van der Waals surface area contributed by atoms with Crippen LogP contribution in [-0.4, -0.2) is 48.4 Å². The van der Waals surface area contributed by atoms with E-state index in [4.69, 9.17) is 5.73 Å². The number of likely N-dealkylation sites (tertiary alicyclic amines) is 1. The lowest BCUT2D eigenvalue weighted by molar-refractivity contribution is -0.130. The Balaban J connectivity index is 1.90. The molecule has 2 unspecified atom stereocenters. The molecule has 108 valence electrons. The lowest BCUT2D eigenvalue weighted by Gasteiger charge is -2.38. The van der Waals surface area contributed by atoms with Crippen LogP contribution in [0.5, 0.6) is 0 Å². The molecule has 4 nitrogen and oxygen atoms in total. The van der Waals surface area contributed by atoms with Gasteiger partial charge in [-0.2, -0.15) is 0 Å². The van der Waals surface area contributed by atoms with Gasteiger partial charge in [-0.15, -0.1) is 0 Å². The van der Waals surface area contributed by atoms with Crippen LogP contribution in [0.2, 0.25) is 0 Å². The summed E-state index contributed by atoms with van der Waals surface area (Å²) in [5.74, 6) is 0.941. The molecule has 0 aromatic carbocycles. The van der Waals surface area contributed by atoms with E-state index < -0.39 is 0 Å². The third-order valence-corrected chi connectivity index (χ3v) is 4.53. The van der Waals surface area contributed by atoms with Crippen LogP contribution in [0.25, 0.3) is 0 Å². The van der Waals surface area contributed by atoms with Crippen LogP contribution in [0.4, 0.5) is 0 Å². The summed E-state index contributed by atoms with van der Waals surface area (Å²) < 4.78 is 0. The van der Waals surface area contributed by atoms with E-state index in [2.05, 4.69) is 17.9 Å². The van der Waals surface area contributed by atoms with Gasteiger partial charge in [-0.25, -0.2) is 0 Å². The Bertz CT molecular complexity index is 353. The number of likely N-dealkylation sites (N-methyl/N-ethyl adjacent to an activating group) is 1. The van der Waals surface area contributed by atoms with Gasteiger partial charge in [0.1, 0.15) is 0 Å². The van der Waals surface area contributed by atoms with Crippen LogP contribution in [0.15, 0.2) is 11.8 Å². The lowest BCUT2D eigenvalue weighted by atomic mass is 9.92. The first-order valence-electron chi connectivity index (χ1n) is 7.51. The highest BCUT2D eigenvalue weighted by molar-refractivity contribution is 5.79. The van der Waals surface area contributed by atoms with Crippen molar-refractivity contribution < 1.29 is 4.79 Å². The number of rotatable bonds is 4. The van der Waals surface area contributed by atoms with Gasteiger partial charge < -0.3 is 10.6 Å². The van der Waals surface area contributed by atoms with Crippen molar-refractivity contribution in [3.05, 3.63) is 11.8 Å². The third-order valence-electron chi connectivity index (χ3n) is 4.53. The number of carbonyl (C=O) groups excluding carboxylic acids is 1. The Morgan fingerprint density at radius 2 is 2.37 bits per heavy atom. The normalized spacial score (nSPS) is 28.3. The largest absolute Gasteiger partial charge is 0.329 e. The summed E-state index contributed by atoms with van der Waals surface area (Å²) in [6.07, 6.45) is 7.82. The van der Waals surface area contributed by atoms with Gasteiger partial charge in [0.15, 0.2) is 0 Å². The summed E-state index contributed by atoms with van der Waals surface area (Å²) in [4.78, 5) is 16.5. The van der Waals surface area contributed by atoms with Crippen LogP contribution in [-0.2, 0) is 4.79 Å². The molecular weight excluding hydrogens is 238 g/mol. The fourth-order valence-corrected chi connectivity index (χ4v) is 3.15. The molecule has 4 heteroatoms. The van der Waals surface area contributed by atoms with Crippen molar-refractivity contribution in [3.8, 4) is 0 Å². The predicted molar refractivity (Wildman–Crippen MR) is 77.5 cm³/mol. The fourth-order valence-electron chi connectivity index (χ4n) is 3.15. The number of nitrogens with two attached hydrogens (primary N) is 1. The molecule has 1 heterocycles. The molecule has 2 rings (SSSR count). The summed E-state index contributed by atoms with van der Waals surface area (Å²) in [6, 6.07) is 0.374. The van der Waals surface area contributed by atoms with Crippen LogP contribution >= 0.6 is 0 Å². The number of hydrogen-bond acceptors (Lipinski definition) is 3. The van der Waals surface area contributed by atoms with Gasteiger partial charge in [-0.3, -0.25) is 9.69 Å². The molecule has 2 aliphatic rings. The van der Waals surface area contributed by atoms with Crippen LogP contribution < -0.4 is 5.73 Å². The lowest BCUT2D eigenvalue weighted by Crippen LogP contribution is -2.50. The second-order valence-corrected chi connectivity index (χ2v) is 6.03. The van der Waals surface area contributed by atoms with Crippen LogP contribution in [0.1, 0.15) is 39.0 Å². The fraction of sp³-hybridized carbons (Fsp3) is 0.800. The zero-order valence-electron chi connectivity index (χ0n) is 12.3. The SMILES string of the molecule is CC1CCN(CC(=O)N(C)C2=CCCC2)C(CN)C1. The smallest absolute Gasteiger partial charge is 0.240 e. The first kappa shape index (κ1) is 14.5. The minimum atomic E-state index is 0.209. The predicted octanol–water partition coefficient (Wildman–Crippen LogP) is 1.57. The molecule has 0 saturated carbocycles. The molecule has 1 amide bonds. The first-order chi connectivity index (χ1) is 9.11. The van der Waals surface area contributed by atoms with Crippen LogP contribution in [0, 0.1) is 5.92 Å². The number of hydrogen-bond donors (Lipinski definition) is 1. The monoisotopic (exact) mass is 265 g/mol. The molecule has 1 fully saturated rings. The zero-order valence-corrected chi connectivity index (χ0v) is 12.3. The quantitative estimate of drug-likeness (QED) is 0.839. The molecule has 0 bridgehead atoms. The maximum atomic E-state index is 12.3. The zero-order chi connectivity index (χ0) is 13.8. The first-order valence-corrected chi connectivity index (χ1v) is 7.51. The Labute approximate surface area is 116 Å². The Kier molecular flexibility index (Phi) is 4.99. The molecule has 19 heavy (non-hydrogen) atoms. The van der Waals surface area contributed by atoms with Crippen molar-refractivity contribution in [2.45, 2.75) is 45.1 Å². The Hall–Kier alpha value is -0.870. The van der Waals surface area contributed by atoms with E-state index in [0.717, 1.165) is 31.7 Å². The molecule has 0 spiro atoms. The summed E-state index contributed by atoms with van der Waals surface area (Å²) in [5, 5.41) is 0. The van der Waals surface area contributed by atoms with E-state index >= 15 is 0 Å². The minimum Gasteiger partial charge on any atom is -0.329 e. The maximum absolute atomic E-state index is 12.3. The van der Waals surface area contributed by atoms with E-state index in [0.29, 0.717) is 19.1 Å². The third kappa shape index (κ3) is 3.57. The van der Waals surface area contributed by atoms with E-state index in [1.807, 2.05) is 11.9 Å². The molecule has 0 aromatic rings. The standard InChI is InChI=1S/C15H27N3O/c1-12-7-8-18(14(9-12)10-16)11-15(19)17(2)13-5-3-4-6-13/h5,12,14H,3-4,6-11,16H2,1-2H3. The number of carbonyl (C=O) groups is 1. The molecule has 1 aliphatic carbocycles. The molecular formula is C15H27N3O. The summed E-state index contributed by atoms with van der Waals surface area (Å²) in [7, 11) is 1.91. The summed E-state index contributed by atoms with van der Waals surface area (Å²) in [6.45, 7) is 4.45. The number of amides is 1. The van der Waals surface area contributed by atoms with Crippen molar-refractivity contribution in [2.24, 2.45) is 11.7 Å². The Morgan fingerprint density at radius 3 is 3.00 bits per heavy atom. The van der Waals surface area contributed by atoms with E-state index in [1.54, 1.807) is 0 Å². The molecule has 0 radical (unpaired) electrons. The van der Waals surface area contributed by atoms with Gasteiger partial charge in [0, 0.05) is 25.3 Å². The van der Waals surface area contributed by atoms with Crippen molar-refractivity contribution in [1.82, 2.24) is 9.80 Å². The highest BCUT2D eigenvalue weighted by atomic mass is 16.2. The number of nitrogens with zero attached hydrogens (tertiary/aromatic N) is 2. The van der Waals surface area contributed by atoms with Crippen LogP contribution in [0.3, 0.4) is 0 Å². The maximum Gasteiger partial charge on any atom is 0.240 e. The second-order valence-electron chi connectivity index (χ2n) is 6.03. The highest BCUT2D eigenvalue weighted by Gasteiger charge is 2.28. The second kappa shape index (κ2) is 6.53. The summed E-state index contributed by atoms with van der Waals surface area (Å²) >= 11 is 0. The molecule has 0 aromatic heterocycles. The molecule has 1 aliphatic heterocycles. The van der Waals surface area contributed by atoms with Gasteiger partial charge in [-0.05, 0) is 44.6 Å². The average Bonchev–Trinajstić information content (AvgIpc) is 2.93. The summed E-state index contributed by atoms with van der Waals surface area (Å²) in [5.41, 5.74) is 7.05. The average molecular weight is 265 g/mol. The van der Waals surface area contributed by atoms with Crippen molar-refractivity contribution in [3.63, 3.8) is 0 Å². The van der Waals surface area contributed by atoms with Crippen molar-refractivity contribution >= 4 is 5.91 Å². The number of allylic oxidation sites excluding steroid dienone is 2. The molecule has 2 N–H and O–H groups in total. The highest BCUT2D eigenvalue weighted by Crippen LogP contribution is 2.23. The van der Waals surface area contributed by atoms with Gasteiger partial charge in [0.25, 0.3) is 0 Å². The van der Waals surface area contributed by atoms with E-state index in [1.165, 1.54) is 18.5 Å². The molecule has 2 atom stereocenters. The van der Waals surface area contributed by atoms with Gasteiger partial charge in [0.05, 0.1) is 6.54 Å². The number of piperidine rings is 1. The van der Waals surface area contributed by atoms with Crippen molar-refractivity contribution in [1.29, 1.82) is 0 Å². The van der Waals surface area contributed by atoms with E-state index in [9.17, 15) is 4.79 Å². The van der Waals surface area contributed by atoms with E-state index in [-0.39, 0.29) is 5.91 Å².